The third kappa shape index (κ3) is 2.51. The molecule has 2 heterocycles. The van der Waals surface area contributed by atoms with Crippen molar-refractivity contribution in [2.45, 2.75) is 12.5 Å². The molecule has 3 nitrogen and oxygen atoms in total. The van der Waals surface area contributed by atoms with Crippen molar-refractivity contribution in [3.8, 4) is 0 Å². The maximum absolute atomic E-state index is 13.6. The van der Waals surface area contributed by atoms with Gasteiger partial charge in [-0.25, -0.2) is 8.78 Å². The summed E-state index contributed by atoms with van der Waals surface area (Å²) in [5.41, 5.74) is 1.44. The largest absolute Gasteiger partial charge is 0.314 e. The zero-order chi connectivity index (χ0) is 13.9. The molecule has 1 aliphatic heterocycles. The molecule has 1 aromatic carbocycles. The van der Waals surface area contributed by atoms with Crippen LogP contribution in [0.4, 0.5) is 8.78 Å². The minimum Gasteiger partial charge on any atom is -0.314 e. The Morgan fingerprint density at radius 1 is 1.10 bits per heavy atom. The molecule has 1 aromatic heterocycles. The van der Waals surface area contributed by atoms with Gasteiger partial charge in [0.2, 0.25) is 0 Å². The monoisotopic (exact) mass is 277 g/mol. The van der Waals surface area contributed by atoms with Crippen molar-refractivity contribution in [3.05, 3.63) is 42.1 Å². The Labute approximate surface area is 116 Å². The Balaban J connectivity index is 2.05. The molecule has 1 N–H and O–H groups in total. The normalized spacial score (nSPS) is 18.6. The van der Waals surface area contributed by atoms with Gasteiger partial charge in [-0.15, -0.1) is 0 Å². The zero-order valence-corrected chi connectivity index (χ0v) is 11.1. The second kappa shape index (κ2) is 5.81. The zero-order valence-electron chi connectivity index (χ0n) is 11.1. The second-order valence-electron chi connectivity index (χ2n) is 4.98. The van der Waals surface area contributed by atoms with E-state index in [-0.39, 0.29) is 0 Å². The molecule has 0 amide bonds. The molecule has 0 unspecified atom stereocenters. The van der Waals surface area contributed by atoms with Gasteiger partial charge in [-0.2, -0.15) is 0 Å². The third-order valence-corrected chi connectivity index (χ3v) is 3.79. The number of aromatic nitrogens is 1. The molecule has 20 heavy (non-hydrogen) atoms. The maximum atomic E-state index is 13.6. The number of pyridine rings is 1. The van der Waals surface area contributed by atoms with Gasteiger partial charge in [-0.05, 0) is 17.7 Å². The number of hydrogen-bond donors (Lipinski definition) is 1. The van der Waals surface area contributed by atoms with Crippen LogP contribution in [-0.4, -0.2) is 42.5 Å². The van der Waals surface area contributed by atoms with Crippen LogP contribution in [0.1, 0.15) is 11.6 Å². The van der Waals surface area contributed by atoms with Crippen LogP contribution >= 0.6 is 0 Å². The van der Waals surface area contributed by atoms with E-state index in [9.17, 15) is 8.78 Å². The first kappa shape index (κ1) is 13.4. The van der Waals surface area contributed by atoms with E-state index in [4.69, 9.17) is 0 Å². The molecule has 1 saturated heterocycles. The molecule has 0 spiro atoms. The van der Waals surface area contributed by atoms with Crippen molar-refractivity contribution in [1.29, 1.82) is 0 Å². The first-order valence-corrected chi connectivity index (χ1v) is 6.84. The fourth-order valence-corrected chi connectivity index (χ4v) is 2.83. The van der Waals surface area contributed by atoms with Crippen molar-refractivity contribution >= 4 is 10.9 Å². The van der Waals surface area contributed by atoms with Crippen molar-refractivity contribution in [2.75, 3.05) is 26.2 Å². The number of para-hydroxylation sites is 1. The predicted molar refractivity (Wildman–Crippen MR) is 74.9 cm³/mol. The van der Waals surface area contributed by atoms with Crippen LogP contribution in [0.2, 0.25) is 0 Å². The van der Waals surface area contributed by atoms with Gasteiger partial charge in [0.25, 0.3) is 6.43 Å². The number of rotatable bonds is 3. The fourth-order valence-electron chi connectivity index (χ4n) is 2.83. The molecule has 106 valence electrons. The fraction of sp³-hybridized carbons (Fsp3) is 0.400. The number of nitrogens with zero attached hydrogens (tertiary/aromatic N) is 2. The number of benzene rings is 1. The van der Waals surface area contributed by atoms with Gasteiger partial charge < -0.3 is 5.32 Å². The molecule has 0 bridgehead atoms. The first-order valence-electron chi connectivity index (χ1n) is 6.84. The van der Waals surface area contributed by atoms with E-state index in [1.807, 2.05) is 29.2 Å². The van der Waals surface area contributed by atoms with Crippen LogP contribution in [-0.2, 0) is 0 Å². The molecule has 0 radical (unpaired) electrons. The lowest BCUT2D eigenvalue weighted by atomic mass is 10.0. The van der Waals surface area contributed by atoms with Crippen LogP contribution < -0.4 is 5.32 Å². The van der Waals surface area contributed by atoms with E-state index in [1.165, 1.54) is 0 Å². The van der Waals surface area contributed by atoms with E-state index in [0.717, 1.165) is 24.0 Å². The third-order valence-electron chi connectivity index (χ3n) is 3.79. The van der Waals surface area contributed by atoms with Crippen molar-refractivity contribution in [1.82, 2.24) is 15.2 Å². The summed E-state index contributed by atoms with van der Waals surface area (Å²) in [6.45, 7) is 2.80. The molecule has 1 fully saturated rings. The van der Waals surface area contributed by atoms with Gasteiger partial charge in [0.05, 0.1) is 11.6 Å². The number of piperazine rings is 1. The molecule has 0 aliphatic carbocycles. The molecule has 2 aromatic rings. The highest BCUT2D eigenvalue weighted by Gasteiger charge is 2.31. The average molecular weight is 277 g/mol. The number of halogens is 2. The Morgan fingerprint density at radius 2 is 1.85 bits per heavy atom. The molecule has 1 aliphatic rings. The van der Waals surface area contributed by atoms with E-state index < -0.39 is 12.5 Å². The molecule has 0 saturated carbocycles. The molecule has 3 rings (SSSR count). The van der Waals surface area contributed by atoms with E-state index in [0.29, 0.717) is 18.7 Å². The van der Waals surface area contributed by atoms with Gasteiger partial charge >= 0.3 is 0 Å². The number of fused-ring (bicyclic) bond motifs is 1. The molecule has 5 heteroatoms. The van der Waals surface area contributed by atoms with Crippen LogP contribution in [0.15, 0.2) is 36.5 Å². The Bertz CT molecular complexity index is 577. The van der Waals surface area contributed by atoms with Gasteiger partial charge in [0, 0.05) is 37.8 Å². The van der Waals surface area contributed by atoms with Gasteiger partial charge in [-0.3, -0.25) is 9.88 Å². The molecular weight excluding hydrogens is 260 g/mol. The Hall–Kier alpha value is -1.59. The molecule has 1 atom stereocenters. The average Bonchev–Trinajstić information content (AvgIpc) is 2.48. The summed E-state index contributed by atoms with van der Waals surface area (Å²) in [4.78, 5) is 6.12. The topological polar surface area (TPSA) is 28.2 Å². The van der Waals surface area contributed by atoms with Crippen molar-refractivity contribution in [3.63, 3.8) is 0 Å². The van der Waals surface area contributed by atoms with Crippen LogP contribution in [0, 0.1) is 0 Å². The quantitative estimate of drug-likeness (QED) is 0.934. The standard InChI is InChI=1S/C15H17F2N3/c16-15(17)14(20-9-7-18-8-10-20)12-5-6-19-13-4-2-1-3-11(12)13/h1-6,14-15,18H,7-10H2/t14-/m0/s1. The Morgan fingerprint density at radius 3 is 2.60 bits per heavy atom. The lowest BCUT2D eigenvalue weighted by Gasteiger charge is -2.35. The number of alkyl halides is 2. The SMILES string of the molecule is FC(F)[C@H](c1ccnc2ccccc12)N1CCNCC1. The van der Waals surface area contributed by atoms with Gasteiger partial charge in [-0.1, -0.05) is 18.2 Å². The second-order valence-corrected chi connectivity index (χ2v) is 4.98. The highest BCUT2D eigenvalue weighted by molar-refractivity contribution is 5.82. The van der Waals surface area contributed by atoms with Crippen LogP contribution in [0.25, 0.3) is 10.9 Å². The highest BCUT2D eigenvalue weighted by Crippen LogP contribution is 2.32. The number of hydrogen-bond acceptors (Lipinski definition) is 3. The summed E-state index contributed by atoms with van der Waals surface area (Å²) in [5, 5.41) is 4.02. The summed E-state index contributed by atoms with van der Waals surface area (Å²) in [5.74, 6) is 0. The van der Waals surface area contributed by atoms with Crippen LogP contribution in [0.3, 0.4) is 0 Å². The van der Waals surface area contributed by atoms with E-state index in [2.05, 4.69) is 10.3 Å². The summed E-state index contributed by atoms with van der Waals surface area (Å²) < 4.78 is 27.2. The lowest BCUT2D eigenvalue weighted by molar-refractivity contribution is 0.0189. The smallest absolute Gasteiger partial charge is 0.258 e. The maximum Gasteiger partial charge on any atom is 0.258 e. The first-order chi connectivity index (χ1) is 9.77. The van der Waals surface area contributed by atoms with Gasteiger partial charge in [0.1, 0.15) is 0 Å². The molecular formula is C15H17F2N3. The summed E-state index contributed by atoms with van der Waals surface area (Å²) in [6, 6.07) is 8.34. The van der Waals surface area contributed by atoms with Crippen LogP contribution in [0.5, 0.6) is 0 Å². The predicted octanol–water partition coefficient (Wildman–Crippen LogP) is 2.45. The summed E-state index contributed by atoms with van der Waals surface area (Å²) >= 11 is 0. The lowest BCUT2D eigenvalue weighted by Crippen LogP contribution is -2.47. The van der Waals surface area contributed by atoms with Gasteiger partial charge in [0.15, 0.2) is 0 Å². The van der Waals surface area contributed by atoms with E-state index in [1.54, 1.807) is 12.3 Å². The summed E-state index contributed by atoms with van der Waals surface area (Å²) in [7, 11) is 0. The minimum absolute atomic E-state index is 0.645. The number of nitrogens with one attached hydrogen (secondary N) is 1. The van der Waals surface area contributed by atoms with E-state index >= 15 is 0 Å². The highest BCUT2D eigenvalue weighted by atomic mass is 19.3. The Kier molecular flexibility index (Phi) is 3.89. The minimum atomic E-state index is -2.40. The van der Waals surface area contributed by atoms with Crippen molar-refractivity contribution in [2.24, 2.45) is 0 Å². The summed E-state index contributed by atoms with van der Waals surface area (Å²) in [6.07, 6.45) is -0.784. The van der Waals surface area contributed by atoms with Crippen molar-refractivity contribution < 1.29 is 8.78 Å².